The summed E-state index contributed by atoms with van der Waals surface area (Å²) in [6.45, 7) is 3.91. The van der Waals surface area contributed by atoms with Crippen LogP contribution in [0.5, 0.6) is 0 Å². The van der Waals surface area contributed by atoms with Crippen molar-refractivity contribution in [3.8, 4) is 0 Å². The predicted octanol–water partition coefficient (Wildman–Crippen LogP) is 0.843. The summed E-state index contributed by atoms with van der Waals surface area (Å²) in [6.07, 6.45) is 0. The molecule has 1 rings (SSSR count). The van der Waals surface area contributed by atoms with Crippen LogP contribution in [0.3, 0.4) is 0 Å². The van der Waals surface area contributed by atoms with Crippen LogP contribution in [0.15, 0.2) is 18.2 Å². The minimum Gasteiger partial charge on any atom is -0.398 e. The van der Waals surface area contributed by atoms with E-state index in [1.807, 2.05) is 6.92 Å². The standard InChI is InChI=1S/C9H15N3O2S/c1-3-11-15(13,14)12-8-5-4-7(2)9(10)6-8/h4-6,11-12H,3,10H2,1-2H3. The van der Waals surface area contributed by atoms with Crippen molar-refractivity contribution in [2.75, 3.05) is 17.0 Å². The first-order chi connectivity index (χ1) is 6.94. The molecule has 0 radical (unpaired) electrons. The Morgan fingerprint density at radius 2 is 2.07 bits per heavy atom. The fourth-order valence-corrected chi connectivity index (χ4v) is 1.97. The third kappa shape index (κ3) is 3.41. The molecule has 0 spiro atoms. The van der Waals surface area contributed by atoms with E-state index in [0.29, 0.717) is 17.9 Å². The van der Waals surface area contributed by atoms with Gasteiger partial charge in [-0.15, -0.1) is 0 Å². The molecule has 0 aliphatic carbocycles. The highest BCUT2D eigenvalue weighted by atomic mass is 32.2. The topological polar surface area (TPSA) is 84.2 Å². The molecule has 0 amide bonds. The smallest absolute Gasteiger partial charge is 0.299 e. The SMILES string of the molecule is CCNS(=O)(=O)Nc1ccc(C)c(N)c1. The first-order valence-electron chi connectivity index (χ1n) is 4.58. The molecule has 1 aromatic rings. The molecule has 5 nitrogen and oxygen atoms in total. The average Bonchev–Trinajstić information content (AvgIpc) is 2.10. The van der Waals surface area contributed by atoms with Crippen molar-refractivity contribution in [1.82, 2.24) is 4.72 Å². The van der Waals surface area contributed by atoms with E-state index in [-0.39, 0.29) is 0 Å². The van der Waals surface area contributed by atoms with Gasteiger partial charge in [0.15, 0.2) is 0 Å². The van der Waals surface area contributed by atoms with Crippen LogP contribution in [-0.4, -0.2) is 15.0 Å². The quantitative estimate of drug-likeness (QED) is 0.669. The van der Waals surface area contributed by atoms with Crippen molar-refractivity contribution >= 4 is 21.6 Å². The van der Waals surface area contributed by atoms with Crippen LogP contribution >= 0.6 is 0 Å². The summed E-state index contributed by atoms with van der Waals surface area (Å²) in [4.78, 5) is 0. The van der Waals surface area contributed by atoms with Crippen LogP contribution < -0.4 is 15.2 Å². The molecule has 0 saturated heterocycles. The number of rotatable bonds is 4. The van der Waals surface area contributed by atoms with Crippen LogP contribution in [0.1, 0.15) is 12.5 Å². The zero-order chi connectivity index (χ0) is 11.5. The lowest BCUT2D eigenvalue weighted by Gasteiger charge is -2.09. The lowest BCUT2D eigenvalue weighted by atomic mass is 10.2. The molecule has 0 unspecified atom stereocenters. The molecule has 0 aromatic heterocycles. The fourth-order valence-electron chi connectivity index (χ4n) is 1.09. The van der Waals surface area contributed by atoms with Crippen molar-refractivity contribution in [1.29, 1.82) is 0 Å². The minimum atomic E-state index is -3.47. The molecule has 15 heavy (non-hydrogen) atoms. The Balaban J connectivity index is 2.86. The lowest BCUT2D eigenvalue weighted by molar-refractivity contribution is 0.589. The molecule has 84 valence electrons. The summed E-state index contributed by atoms with van der Waals surface area (Å²) >= 11 is 0. The van der Waals surface area contributed by atoms with Gasteiger partial charge >= 0.3 is 0 Å². The van der Waals surface area contributed by atoms with Gasteiger partial charge in [0.05, 0.1) is 5.69 Å². The molecule has 0 aliphatic heterocycles. The Bertz CT molecular complexity index is 443. The molecular formula is C9H15N3O2S. The highest BCUT2D eigenvalue weighted by Crippen LogP contribution is 2.17. The van der Waals surface area contributed by atoms with Gasteiger partial charge in [-0.25, -0.2) is 0 Å². The van der Waals surface area contributed by atoms with E-state index in [2.05, 4.69) is 9.44 Å². The van der Waals surface area contributed by atoms with Crippen molar-refractivity contribution in [3.05, 3.63) is 23.8 Å². The number of nitrogens with one attached hydrogen (secondary N) is 2. The van der Waals surface area contributed by atoms with Crippen molar-refractivity contribution in [2.24, 2.45) is 0 Å². The zero-order valence-electron chi connectivity index (χ0n) is 8.74. The molecule has 1 aromatic carbocycles. The van der Waals surface area contributed by atoms with Gasteiger partial charge in [-0.05, 0) is 24.6 Å². The van der Waals surface area contributed by atoms with Gasteiger partial charge in [0, 0.05) is 12.2 Å². The van der Waals surface area contributed by atoms with Crippen molar-refractivity contribution < 1.29 is 8.42 Å². The van der Waals surface area contributed by atoms with E-state index in [1.54, 1.807) is 25.1 Å². The fraction of sp³-hybridized carbons (Fsp3) is 0.333. The normalized spacial score (nSPS) is 11.3. The maximum Gasteiger partial charge on any atom is 0.299 e. The first-order valence-corrected chi connectivity index (χ1v) is 6.06. The summed E-state index contributed by atoms with van der Waals surface area (Å²) in [5, 5.41) is 0. The predicted molar refractivity (Wildman–Crippen MR) is 61.8 cm³/mol. The Hall–Kier alpha value is -1.27. The second-order valence-corrected chi connectivity index (χ2v) is 4.67. The van der Waals surface area contributed by atoms with Gasteiger partial charge in [0.1, 0.15) is 0 Å². The largest absolute Gasteiger partial charge is 0.398 e. The third-order valence-electron chi connectivity index (χ3n) is 1.87. The molecule has 6 heteroatoms. The summed E-state index contributed by atoms with van der Waals surface area (Å²) in [6, 6.07) is 5.02. The number of benzene rings is 1. The molecule has 0 heterocycles. The molecule has 0 bridgehead atoms. The van der Waals surface area contributed by atoms with E-state index in [4.69, 9.17) is 5.73 Å². The monoisotopic (exact) mass is 229 g/mol. The molecule has 4 N–H and O–H groups in total. The summed E-state index contributed by atoms with van der Waals surface area (Å²) < 4.78 is 27.4. The number of hydrogen-bond acceptors (Lipinski definition) is 3. The lowest BCUT2D eigenvalue weighted by Crippen LogP contribution is -2.29. The van der Waals surface area contributed by atoms with E-state index < -0.39 is 10.2 Å². The summed E-state index contributed by atoms with van der Waals surface area (Å²) in [5.41, 5.74) is 7.60. The van der Waals surface area contributed by atoms with Crippen LogP contribution in [0.25, 0.3) is 0 Å². The van der Waals surface area contributed by atoms with E-state index in [0.717, 1.165) is 5.56 Å². The highest BCUT2D eigenvalue weighted by molar-refractivity contribution is 7.90. The van der Waals surface area contributed by atoms with Crippen molar-refractivity contribution in [2.45, 2.75) is 13.8 Å². The van der Waals surface area contributed by atoms with Gasteiger partial charge in [-0.2, -0.15) is 13.1 Å². The van der Waals surface area contributed by atoms with Crippen LogP contribution in [0.4, 0.5) is 11.4 Å². The van der Waals surface area contributed by atoms with Gasteiger partial charge in [0.2, 0.25) is 0 Å². The Labute approximate surface area is 89.9 Å². The molecule has 0 aliphatic rings. The van der Waals surface area contributed by atoms with Crippen LogP contribution in [-0.2, 0) is 10.2 Å². The Morgan fingerprint density at radius 1 is 1.40 bits per heavy atom. The maximum absolute atomic E-state index is 11.3. The van der Waals surface area contributed by atoms with E-state index >= 15 is 0 Å². The van der Waals surface area contributed by atoms with Gasteiger partial charge in [-0.3, -0.25) is 4.72 Å². The number of nitrogens with two attached hydrogens (primary N) is 1. The first kappa shape index (κ1) is 11.8. The number of aryl methyl sites for hydroxylation is 1. The Morgan fingerprint density at radius 3 is 2.60 bits per heavy atom. The van der Waals surface area contributed by atoms with E-state index in [1.165, 1.54) is 0 Å². The van der Waals surface area contributed by atoms with Gasteiger partial charge in [-0.1, -0.05) is 13.0 Å². The zero-order valence-corrected chi connectivity index (χ0v) is 9.56. The molecular weight excluding hydrogens is 214 g/mol. The van der Waals surface area contributed by atoms with Gasteiger partial charge < -0.3 is 5.73 Å². The molecule has 0 saturated carbocycles. The highest BCUT2D eigenvalue weighted by Gasteiger charge is 2.07. The number of hydrogen-bond donors (Lipinski definition) is 3. The van der Waals surface area contributed by atoms with Crippen LogP contribution in [0.2, 0.25) is 0 Å². The summed E-state index contributed by atoms with van der Waals surface area (Å²) in [5.74, 6) is 0. The second-order valence-electron chi connectivity index (χ2n) is 3.17. The molecule has 0 fully saturated rings. The van der Waals surface area contributed by atoms with E-state index in [9.17, 15) is 8.42 Å². The molecule has 0 atom stereocenters. The van der Waals surface area contributed by atoms with Gasteiger partial charge in [0.25, 0.3) is 10.2 Å². The third-order valence-corrected chi connectivity index (χ3v) is 3.04. The number of anilines is 2. The second kappa shape index (κ2) is 4.50. The minimum absolute atomic E-state index is 0.344. The van der Waals surface area contributed by atoms with Crippen molar-refractivity contribution in [3.63, 3.8) is 0 Å². The maximum atomic E-state index is 11.3. The van der Waals surface area contributed by atoms with Crippen LogP contribution in [0, 0.1) is 6.92 Å². The summed E-state index contributed by atoms with van der Waals surface area (Å²) in [7, 11) is -3.47. The Kier molecular flexibility index (Phi) is 3.54. The number of nitrogen functional groups attached to an aromatic ring is 1. The average molecular weight is 229 g/mol.